The van der Waals surface area contributed by atoms with Crippen molar-refractivity contribution in [3.05, 3.63) is 28.3 Å². The Labute approximate surface area is 122 Å². The lowest BCUT2D eigenvalue weighted by molar-refractivity contribution is -0.384. The number of nitrogens with one attached hydrogen (secondary N) is 2. The molecule has 1 fully saturated rings. The van der Waals surface area contributed by atoms with Crippen molar-refractivity contribution in [2.45, 2.75) is 23.8 Å². The zero-order valence-electron chi connectivity index (χ0n) is 11.5. The van der Waals surface area contributed by atoms with Gasteiger partial charge >= 0.3 is 0 Å². The van der Waals surface area contributed by atoms with Crippen LogP contribution in [-0.4, -0.2) is 39.6 Å². The molecule has 1 saturated heterocycles. The fraction of sp³-hybridized carbons (Fsp3) is 0.500. The van der Waals surface area contributed by atoms with E-state index >= 15 is 0 Å². The molecule has 1 aliphatic rings. The molecule has 21 heavy (non-hydrogen) atoms. The number of hydrogen-bond acceptors (Lipinski definition) is 6. The molecule has 0 unspecified atom stereocenters. The van der Waals surface area contributed by atoms with Crippen LogP contribution in [-0.2, 0) is 14.8 Å². The first-order chi connectivity index (χ1) is 9.94. The molecule has 0 amide bonds. The second-order valence-electron chi connectivity index (χ2n) is 4.66. The lowest BCUT2D eigenvalue weighted by atomic mass is 10.2. The first kappa shape index (κ1) is 15.7. The molecule has 2 rings (SSSR count). The van der Waals surface area contributed by atoms with E-state index < -0.39 is 14.9 Å². The van der Waals surface area contributed by atoms with Gasteiger partial charge in [-0.1, -0.05) is 0 Å². The first-order valence-corrected chi connectivity index (χ1v) is 8.00. The summed E-state index contributed by atoms with van der Waals surface area (Å²) in [5, 5.41) is 14.1. The number of benzene rings is 1. The van der Waals surface area contributed by atoms with Crippen LogP contribution in [0, 0.1) is 10.1 Å². The molecule has 9 heteroatoms. The van der Waals surface area contributed by atoms with Gasteiger partial charge in [0.25, 0.3) is 5.69 Å². The van der Waals surface area contributed by atoms with Gasteiger partial charge in [-0.25, -0.2) is 13.1 Å². The third-order valence-electron chi connectivity index (χ3n) is 3.29. The molecule has 0 aromatic heterocycles. The molecule has 1 aromatic carbocycles. The van der Waals surface area contributed by atoms with Crippen LogP contribution >= 0.6 is 0 Å². The predicted molar refractivity (Wildman–Crippen MR) is 76.8 cm³/mol. The minimum absolute atomic E-state index is 0.0327. The van der Waals surface area contributed by atoms with Crippen molar-refractivity contribution in [2.75, 3.05) is 25.5 Å². The number of ether oxygens (including phenoxy) is 1. The van der Waals surface area contributed by atoms with Gasteiger partial charge in [0.2, 0.25) is 10.0 Å². The number of nitro benzene ring substituents is 1. The highest BCUT2D eigenvalue weighted by Gasteiger charge is 2.22. The topological polar surface area (TPSA) is 111 Å². The standard InChI is InChI=1S/C12H17N3O5S/c1-13-21(18,19)10-4-5-11(12(7-10)15(16)17)14-8-9-3-2-6-20-9/h4-5,7,9,13-14H,2-3,6,8H2,1H3/t9-/m0/s1. The summed E-state index contributed by atoms with van der Waals surface area (Å²) in [6.45, 7) is 1.16. The monoisotopic (exact) mass is 315 g/mol. The molecule has 0 aliphatic carbocycles. The quantitative estimate of drug-likeness (QED) is 0.600. The van der Waals surface area contributed by atoms with Gasteiger partial charge in [0.1, 0.15) is 5.69 Å². The van der Waals surface area contributed by atoms with E-state index in [1.165, 1.54) is 19.2 Å². The van der Waals surface area contributed by atoms with Crippen LogP contribution in [0.1, 0.15) is 12.8 Å². The van der Waals surface area contributed by atoms with Crippen LogP contribution in [0.25, 0.3) is 0 Å². The van der Waals surface area contributed by atoms with E-state index in [1.54, 1.807) is 0 Å². The van der Waals surface area contributed by atoms with Crippen molar-refractivity contribution >= 4 is 21.4 Å². The van der Waals surface area contributed by atoms with E-state index in [4.69, 9.17) is 4.74 Å². The summed E-state index contributed by atoms with van der Waals surface area (Å²) in [4.78, 5) is 10.4. The lowest BCUT2D eigenvalue weighted by Crippen LogP contribution is -2.20. The Balaban J connectivity index is 2.22. The van der Waals surface area contributed by atoms with Crippen LogP contribution < -0.4 is 10.0 Å². The fourth-order valence-corrected chi connectivity index (χ4v) is 2.88. The van der Waals surface area contributed by atoms with Gasteiger partial charge in [-0.2, -0.15) is 0 Å². The average Bonchev–Trinajstić information content (AvgIpc) is 2.98. The van der Waals surface area contributed by atoms with Crippen molar-refractivity contribution < 1.29 is 18.1 Å². The van der Waals surface area contributed by atoms with E-state index in [9.17, 15) is 18.5 Å². The Morgan fingerprint density at radius 3 is 2.81 bits per heavy atom. The normalized spacial score (nSPS) is 18.6. The Hall–Kier alpha value is -1.71. The van der Waals surface area contributed by atoms with Gasteiger partial charge in [-0.15, -0.1) is 0 Å². The highest BCUT2D eigenvalue weighted by Crippen LogP contribution is 2.28. The van der Waals surface area contributed by atoms with Crippen LogP contribution in [0.5, 0.6) is 0 Å². The zero-order valence-corrected chi connectivity index (χ0v) is 12.4. The molecule has 1 aliphatic heterocycles. The molecule has 8 nitrogen and oxygen atoms in total. The van der Waals surface area contributed by atoms with Crippen molar-refractivity contribution in [3.63, 3.8) is 0 Å². The number of rotatable bonds is 6. The van der Waals surface area contributed by atoms with Crippen LogP contribution in [0.3, 0.4) is 0 Å². The fourth-order valence-electron chi connectivity index (χ4n) is 2.13. The summed E-state index contributed by atoms with van der Waals surface area (Å²) < 4.78 is 30.9. The van der Waals surface area contributed by atoms with Crippen molar-refractivity contribution in [1.82, 2.24) is 4.72 Å². The molecular weight excluding hydrogens is 298 g/mol. The van der Waals surface area contributed by atoms with Crippen LogP contribution in [0.4, 0.5) is 11.4 Å². The van der Waals surface area contributed by atoms with E-state index in [2.05, 4.69) is 10.0 Å². The number of anilines is 1. The second-order valence-corrected chi connectivity index (χ2v) is 6.55. The number of nitro groups is 1. The first-order valence-electron chi connectivity index (χ1n) is 6.51. The minimum Gasteiger partial charge on any atom is -0.377 e. The van der Waals surface area contributed by atoms with Gasteiger partial charge in [-0.05, 0) is 32.0 Å². The highest BCUT2D eigenvalue weighted by atomic mass is 32.2. The van der Waals surface area contributed by atoms with Crippen molar-refractivity contribution in [1.29, 1.82) is 0 Å². The van der Waals surface area contributed by atoms with Gasteiger partial charge in [-0.3, -0.25) is 10.1 Å². The molecule has 1 heterocycles. The predicted octanol–water partition coefficient (Wildman–Crippen LogP) is 1.09. The molecular formula is C12H17N3O5S. The van der Waals surface area contributed by atoms with E-state index in [-0.39, 0.29) is 22.4 Å². The van der Waals surface area contributed by atoms with Gasteiger partial charge in [0, 0.05) is 19.2 Å². The van der Waals surface area contributed by atoms with E-state index in [1.807, 2.05) is 0 Å². The smallest absolute Gasteiger partial charge is 0.293 e. The maximum Gasteiger partial charge on any atom is 0.293 e. The largest absolute Gasteiger partial charge is 0.377 e. The minimum atomic E-state index is -3.71. The number of hydrogen-bond donors (Lipinski definition) is 2. The van der Waals surface area contributed by atoms with E-state index in [0.29, 0.717) is 13.2 Å². The van der Waals surface area contributed by atoms with Crippen LogP contribution in [0.2, 0.25) is 0 Å². The Kier molecular flexibility index (Phi) is 4.76. The maximum atomic E-state index is 11.7. The molecule has 1 atom stereocenters. The van der Waals surface area contributed by atoms with Crippen molar-refractivity contribution in [3.8, 4) is 0 Å². The van der Waals surface area contributed by atoms with E-state index in [0.717, 1.165) is 18.9 Å². The third-order valence-corrected chi connectivity index (χ3v) is 4.70. The Bertz CT molecular complexity index is 626. The summed E-state index contributed by atoms with van der Waals surface area (Å²) >= 11 is 0. The van der Waals surface area contributed by atoms with Gasteiger partial charge in [0.05, 0.1) is 15.9 Å². The average molecular weight is 315 g/mol. The van der Waals surface area contributed by atoms with Gasteiger partial charge < -0.3 is 10.1 Å². The highest BCUT2D eigenvalue weighted by molar-refractivity contribution is 7.89. The third kappa shape index (κ3) is 3.69. The second kappa shape index (κ2) is 6.37. The summed E-state index contributed by atoms with van der Waals surface area (Å²) in [5.74, 6) is 0. The summed E-state index contributed by atoms with van der Waals surface area (Å²) in [6, 6.07) is 3.78. The molecule has 116 valence electrons. The summed E-state index contributed by atoms with van der Waals surface area (Å²) in [5.41, 5.74) is 0.00914. The molecule has 0 radical (unpaired) electrons. The number of nitrogens with zero attached hydrogens (tertiary/aromatic N) is 1. The lowest BCUT2D eigenvalue weighted by Gasteiger charge is -2.12. The Morgan fingerprint density at radius 1 is 1.48 bits per heavy atom. The molecule has 0 bridgehead atoms. The molecule has 1 aromatic rings. The number of sulfonamides is 1. The molecule has 2 N–H and O–H groups in total. The van der Waals surface area contributed by atoms with Crippen LogP contribution in [0.15, 0.2) is 23.1 Å². The van der Waals surface area contributed by atoms with Gasteiger partial charge in [0.15, 0.2) is 0 Å². The molecule has 0 spiro atoms. The van der Waals surface area contributed by atoms with Crippen molar-refractivity contribution in [2.24, 2.45) is 0 Å². The zero-order chi connectivity index (χ0) is 15.5. The Morgan fingerprint density at radius 2 is 2.24 bits per heavy atom. The maximum absolute atomic E-state index is 11.7. The molecule has 0 saturated carbocycles. The SMILES string of the molecule is CNS(=O)(=O)c1ccc(NC[C@@H]2CCCO2)c([N+](=O)[O-])c1. The summed E-state index contributed by atoms with van der Waals surface area (Å²) in [7, 11) is -2.45. The summed E-state index contributed by atoms with van der Waals surface area (Å²) in [6.07, 6.45) is 1.92.